The van der Waals surface area contributed by atoms with Gasteiger partial charge in [0.15, 0.2) is 0 Å². The summed E-state index contributed by atoms with van der Waals surface area (Å²) < 4.78 is 0. The van der Waals surface area contributed by atoms with Crippen molar-refractivity contribution >= 4 is 5.91 Å². The Labute approximate surface area is 107 Å². The molecular weight excluding hydrogens is 232 g/mol. The highest BCUT2D eigenvalue weighted by Gasteiger charge is 2.21. The van der Waals surface area contributed by atoms with E-state index in [4.69, 9.17) is 5.11 Å². The second kappa shape index (κ2) is 5.97. The van der Waals surface area contributed by atoms with Gasteiger partial charge in [0.05, 0.1) is 18.4 Å². The van der Waals surface area contributed by atoms with E-state index in [0.717, 1.165) is 31.7 Å². The van der Waals surface area contributed by atoms with Crippen LogP contribution in [0.5, 0.6) is 0 Å². The molecule has 100 valence electrons. The Morgan fingerprint density at radius 2 is 2.28 bits per heavy atom. The number of carbonyl (C=O) groups is 1. The van der Waals surface area contributed by atoms with Gasteiger partial charge in [-0.15, -0.1) is 0 Å². The van der Waals surface area contributed by atoms with Gasteiger partial charge in [0, 0.05) is 31.9 Å². The van der Waals surface area contributed by atoms with Gasteiger partial charge in [-0.05, 0) is 19.9 Å². The molecule has 18 heavy (non-hydrogen) atoms. The minimum Gasteiger partial charge on any atom is -0.395 e. The molecule has 1 aromatic heterocycles. The molecule has 2 rings (SSSR count). The Morgan fingerprint density at radius 3 is 2.94 bits per heavy atom. The number of aliphatic hydroxyl groups excluding tert-OH is 1. The van der Waals surface area contributed by atoms with E-state index in [2.05, 4.69) is 15.1 Å². The predicted molar refractivity (Wildman–Crippen MR) is 67.4 cm³/mol. The van der Waals surface area contributed by atoms with Gasteiger partial charge in [-0.2, -0.15) is 5.10 Å². The van der Waals surface area contributed by atoms with Crippen LogP contribution in [0.3, 0.4) is 0 Å². The Hall–Kier alpha value is -1.40. The molecule has 0 atom stereocenters. The molecule has 0 saturated carbocycles. The Balaban J connectivity index is 1.98. The number of amides is 1. The van der Waals surface area contributed by atoms with E-state index in [1.165, 1.54) is 0 Å². The topological polar surface area (TPSA) is 72.5 Å². The first-order chi connectivity index (χ1) is 8.72. The fraction of sp³-hybridized carbons (Fsp3) is 0.667. The summed E-state index contributed by atoms with van der Waals surface area (Å²) in [5.74, 6) is 0.0482. The highest BCUT2D eigenvalue weighted by Crippen LogP contribution is 2.10. The quantitative estimate of drug-likeness (QED) is 0.785. The summed E-state index contributed by atoms with van der Waals surface area (Å²) in [6, 6.07) is 0. The third-order valence-corrected chi connectivity index (χ3v) is 3.35. The smallest absolute Gasteiger partial charge is 0.257 e. The zero-order chi connectivity index (χ0) is 13.0. The van der Waals surface area contributed by atoms with Crippen molar-refractivity contribution in [2.75, 3.05) is 39.3 Å². The first-order valence-corrected chi connectivity index (χ1v) is 6.35. The third-order valence-electron chi connectivity index (χ3n) is 3.35. The molecule has 1 aliphatic rings. The van der Waals surface area contributed by atoms with Crippen LogP contribution < -0.4 is 0 Å². The van der Waals surface area contributed by atoms with Crippen molar-refractivity contribution in [2.24, 2.45) is 0 Å². The molecule has 0 bridgehead atoms. The Morgan fingerprint density at radius 1 is 1.44 bits per heavy atom. The van der Waals surface area contributed by atoms with Crippen molar-refractivity contribution in [3.8, 4) is 0 Å². The summed E-state index contributed by atoms with van der Waals surface area (Å²) in [6.45, 7) is 5.96. The second-order valence-electron chi connectivity index (χ2n) is 4.62. The molecule has 1 amide bonds. The second-order valence-corrected chi connectivity index (χ2v) is 4.62. The molecule has 6 heteroatoms. The number of H-pyrrole nitrogens is 1. The number of nitrogens with one attached hydrogen (secondary N) is 1. The molecular formula is C12H20N4O2. The molecule has 0 aliphatic carbocycles. The first kappa shape index (κ1) is 13.0. The molecule has 1 saturated heterocycles. The van der Waals surface area contributed by atoms with Crippen LogP contribution in [0.15, 0.2) is 6.20 Å². The zero-order valence-corrected chi connectivity index (χ0v) is 10.7. The Kier molecular flexibility index (Phi) is 4.33. The van der Waals surface area contributed by atoms with Crippen LogP contribution in [0.4, 0.5) is 0 Å². The van der Waals surface area contributed by atoms with Crippen LogP contribution in [0, 0.1) is 6.92 Å². The van der Waals surface area contributed by atoms with Crippen molar-refractivity contribution in [1.29, 1.82) is 0 Å². The van der Waals surface area contributed by atoms with E-state index in [1.807, 2.05) is 11.8 Å². The van der Waals surface area contributed by atoms with E-state index in [0.29, 0.717) is 18.7 Å². The number of hydrogen-bond acceptors (Lipinski definition) is 4. The lowest BCUT2D eigenvalue weighted by atomic mass is 10.2. The molecule has 6 nitrogen and oxygen atoms in total. The SMILES string of the molecule is Cc1[nH]ncc1C(=O)N1CCCN(CCO)CC1. The highest BCUT2D eigenvalue weighted by molar-refractivity contribution is 5.95. The van der Waals surface area contributed by atoms with E-state index in [9.17, 15) is 4.79 Å². The summed E-state index contributed by atoms with van der Waals surface area (Å²) in [6.07, 6.45) is 2.54. The third kappa shape index (κ3) is 2.88. The molecule has 1 aliphatic heterocycles. The number of aromatic nitrogens is 2. The summed E-state index contributed by atoms with van der Waals surface area (Å²) in [5.41, 5.74) is 1.47. The first-order valence-electron chi connectivity index (χ1n) is 6.35. The molecule has 1 fully saturated rings. The number of carbonyl (C=O) groups excluding carboxylic acids is 1. The minimum absolute atomic E-state index is 0.0482. The molecule has 0 spiro atoms. The number of nitrogens with zero attached hydrogens (tertiary/aromatic N) is 3. The molecule has 1 aromatic rings. The Bertz CT molecular complexity index is 405. The fourth-order valence-electron chi connectivity index (χ4n) is 2.28. The number of rotatable bonds is 3. The van der Waals surface area contributed by atoms with E-state index < -0.39 is 0 Å². The molecule has 0 radical (unpaired) electrons. The highest BCUT2D eigenvalue weighted by atomic mass is 16.3. The number of aryl methyl sites for hydroxylation is 1. The number of aromatic amines is 1. The lowest BCUT2D eigenvalue weighted by Crippen LogP contribution is -2.36. The van der Waals surface area contributed by atoms with Crippen LogP contribution in [-0.4, -0.2) is 70.3 Å². The van der Waals surface area contributed by atoms with E-state index in [1.54, 1.807) is 6.20 Å². The average molecular weight is 252 g/mol. The van der Waals surface area contributed by atoms with Crippen LogP contribution in [-0.2, 0) is 0 Å². The summed E-state index contributed by atoms with van der Waals surface area (Å²) in [4.78, 5) is 16.4. The van der Waals surface area contributed by atoms with Gasteiger partial charge < -0.3 is 10.0 Å². The molecule has 2 N–H and O–H groups in total. The lowest BCUT2D eigenvalue weighted by molar-refractivity contribution is 0.0760. The van der Waals surface area contributed by atoms with E-state index >= 15 is 0 Å². The maximum atomic E-state index is 12.3. The lowest BCUT2D eigenvalue weighted by Gasteiger charge is -2.21. The minimum atomic E-state index is 0.0482. The van der Waals surface area contributed by atoms with Crippen molar-refractivity contribution in [3.05, 3.63) is 17.5 Å². The molecule has 0 aromatic carbocycles. The van der Waals surface area contributed by atoms with Gasteiger partial charge in [0.2, 0.25) is 0 Å². The van der Waals surface area contributed by atoms with Crippen molar-refractivity contribution in [2.45, 2.75) is 13.3 Å². The van der Waals surface area contributed by atoms with Crippen molar-refractivity contribution < 1.29 is 9.90 Å². The van der Waals surface area contributed by atoms with Crippen molar-refractivity contribution in [3.63, 3.8) is 0 Å². The van der Waals surface area contributed by atoms with Gasteiger partial charge >= 0.3 is 0 Å². The fourth-order valence-corrected chi connectivity index (χ4v) is 2.28. The maximum absolute atomic E-state index is 12.3. The monoisotopic (exact) mass is 252 g/mol. The van der Waals surface area contributed by atoms with E-state index in [-0.39, 0.29) is 12.5 Å². The molecule has 0 unspecified atom stereocenters. The summed E-state index contributed by atoms with van der Waals surface area (Å²) in [5, 5.41) is 15.6. The van der Waals surface area contributed by atoms with Gasteiger partial charge in [-0.25, -0.2) is 0 Å². The van der Waals surface area contributed by atoms with Crippen LogP contribution >= 0.6 is 0 Å². The zero-order valence-electron chi connectivity index (χ0n) is 10.7. The van der Waals surface area contributed by atoms with Crippen LogP contribution in [0.1, 0.15) is 22.5 Å². The predicted octanol–water partition coefficient (Wildman–Crippen LogP) is -0.142. The number of β-amino-alcohol motifs (C(OH)–C–C–N with tert-alkyl or cyclic N) is 1. The normalized spacial score (nSPS) is 17.8. The van der Waals surface area contributed by atoms with Crippen LogP contribution in [0.2, 0.25) is 0 Å². The summed E-state index contributed by atoms with van der Waals surface area (Å²) >= 11 is 0. The number of aliphatic hydroxyl groups is 1. The molecule has 2 heterocycles. The maximum Gasteiger partial charge on any atom is 0.257 e. The van der Waals surface area contributed by atoms with Crippen molar-refractivity contribution in [1.82, 2.24) is 20.0 Å². The van der Waals surface area contributed by atoms with Crippen LogP contribution in [0.25, 0.3) is 0 Å². The van der Waals surface area contributed by atoms with Gasteiger partial charge in [0.1, 0.15) is 0 Å². The number of hydrogen-bond donors (Lipinski definition) is 2. The van der Waals surface area contributed by atoms with Gasteiger partial charge in [0.25, 0.3) is 5.91 Å². The average Bonchev–Trinajstić information content (AvgIpc) is 2.64. The largest absolute Gasteiger partial charge is 0.395 e. The van der Waals surface area contributed by atoms with Gasteiger partial charge in [-0.1, -0.05) is 0 Å². The standard InChI is InChI=1S/C12H20N4O2/c1-10-11(9-13-14-10)12(18)16-4-2-3-15(5-6-16)7-8-17/h9,17H,2-8H2,1H3,(H,13,14). The summed E-state index contributed by atoms with van der Waals surface area (Å²) in [7, 11) is 0. The van der Waals surface area contributed by atoms with Gasteiger partial charge in [-0.3, -0.25) is 14.8 Å².